The average Bonchev–Trinajstić information content (AvgIpc) is 3.09. The number of amides is 2. The Morgan fingerprint density at radius 3 is 2.68 bits per heavy atom. The van der Waals surface area contributed by atoms with Crippen molar-refractivity contribution in [3.05, 3.63) is 35.9 Å². The number of carbonyl (C=O) groups excluding carboxylic acids is 2. The van der Waals surface area contributed by atoms with Crippen LogP contribution < -0.4 is 5.32 Å². The zero-order valence-corrected chi connectivity index (χ0v) is 15.1. The molecule has 2 amide bonds. The van der Waals surface area contributed by atoms with Crippen molar-refractivity contribution in [3.63, 3.8) is 0 Å². The summed E-state index contributed by atoms with van der Waals surface area (Å²) in [6.45, 7) is 6.25. The number of alkyl carbamates (subject to hydrolysis) is 1. The maximum absolute atomic E-state index is 12.4. The van der Waals surface area contributed by atoms with Crippen molar-refractivity contribution in [3.8, 4) is 0 Å². The van der Waals surface area contributed by atoms with Gasteiger partial charge in [-0.1, -0.05) is 30.3 Å². The molecule has 0 spiro atoms. The van der Waals surface area contributed by atoms with Crippen LogP contribution in [-0.4, -0.2) is 40.8 Å². The Labute approximate surface area is 148 Å². The van der Waals surface area contributed by atoms with Gasteiger partial charge in [-0.25, -0.2) is 9.59 Å². The van der Waals surface area contributed by atoms with Crippen LogP contribution in [0, 0.1) is 0 Å². The quantitative estimate of drug-likeness (QED) is 0.910. The Hall–Kier alpha value is -2.24. The van der Waals surface area contributed by atoms with E-state index < -0.39 is 17.2 Å². The molecule has 2 fully saturated rings. The number of carbonyl (C=O) groups is 2. The van der Waals surface area contributed by atoms with Crippen LogP contribution in [0.5, 0.6) is 0 Å². The van der Waals surface area contributed by atoms with Crippen molar-refractivity contribution in [1.82, 2.24) is 10.2 Å². The minimum Gasteiger partial charge on any atom is -0.445 e. The summed E-state index contributed by atoms with van der Waals surface area (Å²) in [5, 5.41) is 2.99. The van der Waals surface area contributed by atoms with Gasteiger partial charge in [0.15, 0.2) is 0 Å². The molecule has 0 aromatic heterocycles. The van der Waals surface area contributed by atoms with Crippen molar-refractivity contribution in [2.75, 3.05) is 6.54 Å². The molecule has 136 valence electrons. The maximum Gasteiger partial charge on any atom is 0.410 e. The second-order valence-corrected chi connectivity index (χ2v) is 7.97. The van der Waals surface area contributed by atoms with Crippen LogP contribution in [-0.2, 0) is 16.1 Å². The monoisotopic (exact) mass is 346 g/mol. The summed E-state index contributed by atoms with van der Waals surface area (Å²) in [6.07, 6.45) is 1.75. The lowest BCUT2D eigenvalue weighted by molar-refractivity contribution is 0.0432. The van der Waals surface area contributed by atoms with E-state index in [0.717, 1.165) is 24.8 Å². The molecule has 2 bridgehead atoms. The predicted octanol–water partition coefficient (Wildman–Crippen LogP) is 3.45. The van der Waals surface area contributed by atoms with Crippen LogP contribution in [0.4, 0.5) is 9.59 Å². The number of likely N-dealkylation sites (tertiary alicyclic amines) is 1. The van der Waals surface area contributed by atoms with E-state index in [2.05, 4.69) is 5.32 Å². The first kappa shape index (κ1) is 17.6. The van der Waals surface area contributed by atoms with E-state index in [9.17, 15) is 9.59 Å². The van der Waals surface area contributed by atoms with E-state index in [1.54, 1.807) is 4.90 Å². The van der Waals surface area contributed by atoms with Crippen molar-refractivity contribution in [1.29, 1.82) is 0 Å². The highest BCUT2D eigenvalue weighted by atomic mass is 16.6. The molecule has 6 heteroatoms. The zero-order valence-electron chi connectivity index (χ0n) is 15.1. The third-order valence-electron chi connectivity index (χ3n) is 4.70. The van der Waals surface area contributed by atoms with Gasteiger partial charge >= 0.3 is 12.2 Å². The third-order valence-corrected chi connectivity index (χ3v) is 4.70. The first-order chi connectivity index (χ1) is 11.8. The fourth-order valence-corrected chi connectivity index (χ4v) is 3.65. The van der Waals surface area contributed by atoms with E-state index >= 15 is 0 Å². The molecule has 1 aliphatic carbocycles. The molecule has 1 aliphatic heterocycles. The summed E-state index contributed by atoms with van der Waals surface area (Å²) in [5.74, 6) is 0. The minimum absolute atomic E-state index is 0.123. The number of hydrogen-bond acceptors (Lipinski definition) is 4. The number of nitrogens with one attached hydrogen (secondary N) is 1. The second-order valence-electron chi connectivity index (χ2n) is 7.97. The van der Waals surface area contributed by atoms with Crippen LogP contribution >= 0.6 is 0 Å². The lowest BCUT2D eigenvalue weighted by Crippen LogP contribution is -2.53. The molecule has 1 N–H and O–H groups in total. The summed E-state index contributed by atoms with van der Waals surface area (Å²) >= 11 is 0. The van der Waals surface area contributed by atoms with Crippen LogP contribution in [0.25, 0.3) is 0 Å². The molecule has 1 aromatic rings. The molecule has 2 aliphatic rings. The third kappa shape index (κ3) is 4.24. The Morgan fingerprint density at radius 1 is 1.28 bits per heavy atom. The summed E-state index contributed by atoms with van der Waals surface area (Å²) in [6, 6.07) is 9.74. The molecule has 25 heavy (non-hydrogen) atoms. The van der Waals surface area contributed by atoms with Crippen molar-refractivity contribution >= 4 is 12.2 Å². The Bertz CT molecular complexity index is 641. The van der Waals surface area contributed by atoms with Gasteiger partial charge < -0.3 is 19.7 Å². The van der Waals surface area contributed by atoms with Gasteiger partial charge in [-0.05, 0) is 45.6 Å². The predicted molar refractivity (Wildman–Crippen MR) is 93.1 cm³/mol. The molecule has 1 saturated carbocycles. The average molecular weight is 346 g/mol. The van der Waals surface area contributed by atoms with Gasteiger partial charge in [0.2, 0.25) is 0 Å². The van der Waals surface area contributed by atoms with E-state index in [1.807, 2.05) is 51.1 Å². The lowest BCUT2D eigenvalue weighted by Gasteiger charge is -2.33. The van der Waals surface area contributed by atoms with Crippen LogP contribution in [0.3, 0.4) is 0 Å². The highest BCUT2D eigenvalue weighted by molar-refractivity contribution is 5.72. The van der Waals surface area contributed by atoms with Gasteiger partial charge in [0.25, 0.3) is 0 Å². The first-order valence-corrected chi connectivity index (χ1v) is 8.75. The highest BCUT2D eigenvalue weighted by Gasteiger charge is 2.52. The maximum atomic E-state index is 12.4. The number of piperidine rings is 1. The molecule has 3 rings (SSSR count). The topological polar surface area (TPSA) is 67.9 Å². The zero-order chi connectivity index (χ0) is 18.1. The molecular weight excluding hydrogens is 320 g/mol. The van der Waals surface area contributed by atoms with Gasteiger partial charge in [0.05, 0.1) is 5.54 Å². The molecule has 1 saturated heterocycles. The second kappa shape index (κ2) is 6.58. The van der Waals surface area contributed by atoms with Gasteiger partial charge in [0.1, 0.15) is 12.2 Å². The largest absolute Gasteiger partial charge is 0.445 e. The standard InChI is InChI=1S/C19H26N2O4/c1-18(2,3)25-16(22)20-19-10-9-15(11-19)21(13-19)17(23)24-12-14-7-5-4-6-8-14/h4-8,15H,9-13H2,1-3H3,(H,20,22)/t15-,19-/m0/s1. The lowest BCUT2D eigenvalue weighted by atomic mass is 9.99. The number of nitrogens with zero attached hydrogens (tertiary/aromatic N) is 1. The Morgan fingerprint density at radius 2 is 2.00 bits per heavy atom. The molecular formula is C19H26N2O4. The van der Waals surface area contributed by atoms with Gasteiger partial charge in [-0.3, -0.25) is 0 Å². The Kier molecular flexibility index (Phi) is 4.62. The van der Waals surface area contributed by atoms with E-state index in [0.29, 0.717) is 6.54 Å². The summed E-state index contributed by atoms with van der Waals surface area (Å²) in [7, 11) is 0. The van der Waals surface area contributed by atoms with Crippen LogP contribution in [0.15, 0.2) is 30.3 Å². The van der Waals surface area contributed by atoms with E-state index in [4.69, 9.17) is 9.47 Å². The number of fused-ring (bicyclic) bond motifs is 2. The van der Waals surface area contributed by atoms with Crippen molar-refractivity contribution < 1.29 is 19.1 Å². The first-order valence-electron chi connectivity index (χ1n) is 8.75. The minimum atomic E-state index is -0.536. The Balaban J connectivity index is 1.55. The van der Waals surface area contributed by atoms with E-state index in [1.165, 1.54) is 0 Å². The molecule has 6 nitrogen and oxygen atoms in total. The smallest absolute Gasteiger partial charge is 0.410 e. The number of benzene rings is 1. The van der Waals surface area contributed by atoms with Gasteiger partial charge in [-0.15, -0.1) is 0 Å². The van der Waals surface area contributed by atoms with Crippen LogP contribution in [0.2, 0.25) is 0 Å². The number of ether oxygens (including phenoxy) is 2. The van der Waals surface area contributed by atoms with Gasteiger partial charge in [0, 0.05) is 12.6 Å². The molecule has 1 heterocycles. The van der Waals surface area contributed by atoms with Gasteiger partial charge in [-0.2, -0.15) is 0 Å². The molecule has 0 unspecified atom stereocenters. The summed E-state index contributed by atoms with van der Waals surface area (Å²) in [4.78, 5) is 26.3. The van der Waals surface area contributed by atoms with E-state index in [-0.39, 0.29) is 18.7 Å². The number of rotatable bonds is 3. The molecule has 0 radical (unpaired) electrons. The molecule has 1 aromatic carbocycles. The highest BCUT2D eigenvalue weighted by Crippen LogP contribution is 2.41. The fourth-order valence-electron chi connectivity index (χ4n) is 3.65. The normalized spacial score (nSPS) is 24.9. The summed E-state index contributed by atoms with van der Waals surface area (Å²) < 4.78 is 10.8. The fraction of sp³-hybridized carbons (Fsp3) is 0.579. The number of hydrogen-bond donors (Lipinski definition) is 1. The van der Waals surface area contributed by atoms with Crippen molar-refractivity contribution in [2.45, 2.75) is 63.8 Å². The SMILES string of the molecule is CC(C)(C)OC(=O)N[C@@]12CC[C@@H](C1)N(C(=O)OCc1ccccc1)C2. The molecule has 2 atom stereocenters. The van der Waals surface area contributed by atoms with Crippen molar-refractivity contribution in [2.24, 2.45) is 0 Å². The summed E-state index contributed by atoms with van der Waals surface area (Å²) in [5.41, 5.74) is 0.0338. The van der Waals surface area contributed by atoms with Crippen LogP contribution in [0.1, 0.15) is 45.6 Å².